The molecule has 1 aromatic carbocycles. The summed E-state index contributed by atoms with van der Waals surface area (Å²) in [5.74, 6) is 0. The molecule has 1 aromatic rings. The molecule has 0 saturated heterocycles. The Kier molecular flexibility index (Phi) is 5.13. The molecule has 1 unspecified atom stereocenters. The van der Waals surface area contributed by atoms with E-state index in [1.807, 2.05) is 13.0 Å². The van der Waals surface area contributed by atoms with Crippen molar-refractivity contribution in [3.8, 4) is 0 Å². The van der Waals surface area contributed by atoms with Gasteiger partial charge in [-0.25, -0.2) is 0 Å². The van der Waals surface area contributed by atoms with E-state index >= 15 is 0 Å². The van der Waals surface area contributed by atoms with Gasteiger partial charge in [0.25, 0.3) is 0 Å². The van der Waals surface area contributed by atoms with Gasteiger partial charge >= 0.3 is 0 Å². The second-order valence-corrected chi connectivity index (χ2v) is 4.61. The fourth-order valence-corrected chi connectivity index (χ4v) is 1.98. The van der Waals surface area contributed by atoms with Crippen molar-refractivity contribution in [1.82, 2.24) is 0 Å². The molecule has 0 spiro atoms. The molecule has 0 aliphatic heterocycles. The summed E-state index contributed by atoms with van der Waals surface area (Å²) in [6, 6.07) is 6.42. The Morgan fingerprint density at radius 2 is 2.13 bits per heavy atom. The highest BCUT2D eigenvalue weighted by Crippen LogP contribution is 2.19. The van der Waals surface area contributed by atoms with Crippen LogP contribution in [-0.2, 0) is 6.42 Å². The lowest BCUT2D eigenvalue weighted by atomic mass is 10.0. The van der Waals surface area contributed by atoms with Gasteiger partial charge in [0.2, 0.25) is 0 Å². The third-order valence-corrected chi connectivity index (χ3v) is 2.97. The van der Waals surface area contributed by atoms with Gasteiger partial charge in [-0.05, 0) is 37.0 Å². The van der Waals surface area contributed by atoms with Gasteiger partial charge < -0.3 is 5.73 Å². The normalized spacial score (nSPS) is 12.8. The Hall–Kier alpha value is -0.530. The number of benzene rings is 1. The summed E-state index contributed by atoms with van der Waals surface area (Å²) in [5.41, 5.74) is 8.41. The topological polar surface area (TPSA) is 26.0 Å². The van der Waals surface area contributed by atoms with Crippen molar-refractivity contribution in [3.05, 3.63) is 34.3 Å². The summed E-state index contributed by atoms with van der Waals surface area (Å²) >= 11 is 6.15. The summed E-state index contributed by atoms with van der Waals surface area (Å²) < 4.78 is 0. The van der Waals surface area contributed by atoms with Crippen molar-refractivity contribution in [2.24, 2.45) is 5.73 Å². The van der Waals surface area contributed by atoms with E-state index in [1.165, 1.54) is 24.0 Å². The molecule has 2 N–H and O–H groups in total. The predicted molar refractivity (Wildman–Crippen MR) is 67.4 cm³/mol. The molecular weight excluding hydrogens is 206 g/mol. The number of aryl methyl sites for hydroxylation is 1. The van der Waals surface area contributed by atoms with Gasteiger partial charge in [0.1, 0.15) is 0 Å². The minimum atomic E-state index is 0.241. The summed E-state index contributed by atoms with van der Waals surface area (Å²) in [6.45, 7) is 4.23. The quantitative estimate of drug-likeness (QED) is 0.813. The zero-order chi connectivity index (χ0) is 11.3. The third kappa shape index (κ3) is 4.23. The molecule has 0 saturated carbocycles. The Labute approximate surface area is 97.6 Å². The minimum Gasteiger partial charge on any atom is -0.327 e. The first-order valence-electron chi connectivity index (χ1n) is 5.64. The van der Waals surface area contributed by atoms with Crippen molar-refractivity contribution >= 4 is 11.6 Å². The lowest BCUT2D eigenvalue weighted by molar-refractivity contribution is 0.574. The van der Waals surface area contributed by atoms with E-state index in [1.54, 1.807) is 0 Å². The molecule has 1 nitrogen and oxygen atoms in total. The van der Waals surface area contributed by atoms with Crippen LogP contribution in [0, 0.1) is 6.92 Å². The van der Waals surface area contributed by atoms with Crippen LogP contribution in [0.4, 0.5) is 0 Å². The average Bonchev–Trinajstić information content (AvgIpc) is 2.19. The molecule has 0 aliphatic rings. The molecule has 0 aliphatic carbocycles. The molecule has 84 valence electrons. The van der Waals surface area contributed by atoms with Crippen molar-refractivity contribution in [3.63, 3.8) is 0 Å². The van der Waals surface area contributed by atoms with Crippen LogP contribution in [0.3, 0.4) is 0 Å². The van der Waals surface area contributed by atoms with Gasteiger partial charge in [0.05, 0.1) is 0 Å². The maximum absolute atomic E-state index is 6.15. The highest BCUT2D eigenvalue weighted by molar-refractivity contribution is 6.31. The van der Waals surface area contributed by atoms with Crippen LogP contribution in [0.1, 0.15) is 37.3 Å². The fourth-order valence-electron chi connectivity index (χ4n) is 1.67. The lowest BCUT2D eigenvalue weighted by Gasteiger charge is -2.12. The molecule has 1 rings (SSSR count). The third-order valence-electron chi connectivity index (χ3n) is 2.62. The lowest BCUT2D eigenvalue weighted by Crippen LogP contribution is -2.22. The second-order valence-electron chi connectivity index (χ2n) is 4.20. The first-order valence-corrected chi connectivity index (χ1v) is 6.02. The smallest absolute Gasteiger partial charge is 0.0441 e. The van der Waals surface area contributed by atoms with Gasteiger partial charge in [-0.2, -0.15) is 0 Å². The van der Waals surface area contributed by atoms with Gasteiger partial charge in [-0.3, -0.25) is 0 Å². The molecule has 15 heavy (non-hydrogen) atoms. The molecule has 0 fully saturated rings. The van der Waals surface area contributed by atoms with E-state index < -0.39 is 0 Å². The number of rotatable bonds is 5. The number of nitrogens with two attached hydrogens (primary N) is 1. The Morgan fingerprint density at radius 1 is 1.40 bits per heavy atom. The van der Waals surface area contributed by atoms with Crippen LogP contribution in [0.25, 0.3) is 0 Å². The molecule has 0 heterocycles. The average molecular weight is 226 g/mol. The molecule has 2 heteroatoms. The number of hydrogen-bond acceptors (Lipinski definition) is 1. The summed E-state index contributed by atoms with van der Waals surface area (Å²) in [7, 11) is 0. The van der Waals surface area contributed by atoms with E-state index in [-0.39, 0.29) is 6.04 Å². The SMILES string of the molecule is CCCCC(N)Cc1ccc(C)cc1Cl. The highest BCUT2D eigenvalue weighted by atomic mass is 35.5. The van der Waals surface area contributed by atoms with Crippen LogP contribution in [0.2, 0.25) is 5.02 Å². The summed E-state index contributed by atoms with van der Waals surface area (Å²) in [5, 5.41) is 0.849. The Morgan fingerprint density at radius 3 is 2.73 bits per heavy atom. The maximum atomic E-state index is 6.15. The van der Waals surface area contributed by atoms with E-state index in [2.05, 4.69) is 19.1 Å². The molecule has 1 atom stereocenters. The van der Waals surface area contributed by atoms with Crippen LogP contribution >= 0.6 is 11.6 Å². The molecule has 0 amide bonds. The van der Waals surface area contributed by atoms with E-state index in [9.17, 15) is 0 Å². The summed E-state index contributed by atoms with van der Waals surface area (Å²) in [4.78, 5) is 0. The largest absolute Gasteiger partial charge is 0.327 e. The zero-order valence-electron chi connectivity index (χ0n) is 9.59. The minimum absolute atomic E-state index is 0.241. The van der Waals surface area contributed by atoms with Crippen molar-refractivity contribution in [1.29, 1.82) is 0 Å². The molecule has 0 bridgehead atoms. The zero-order valence-corrected chi connectivity index (χ0v) is 10.3. The van der Waals surface area contributed by atoms with E-state index in [0.717, 1.165) is 17.9 Å². The first-order chi connectivity index (χ1) is 7.13. The standard InChI is InChI=1S/C13H20ClN/c1-3-4-5-12(15)9-11-7-6-10(2)8-13(11)14/h6-8,12H,3-5,9,15H2,1-2H3. The van der Waals surface area contributed by atoms with Crippen molar-refractivity contribution in [2.45, 2.75) is 45.6 Å². The second kappa shape index (κ2) is 6.14. The molecule has 0 aromatic heterocycles. The van der Waals surface area contributed by atoms with Crippen molar-refractivity contribution < 1.29 is 0 Å². The molecule has 0 radical (unpaired) electrons. The van der Waals surface area contributed by atoms with Gasteiger partial charge in [0.15, 0.2) is 0 Å². The Balaban J connectivity index is 2.56. The summed E-state index contributed by atoms with van der Waals surface area (Å²) in [6.07, 6.45) is 4.37. The number of unbranched alkanes of at least 4 members (excludes halogenated alkanes) is 1. The van der Waals surface area contributed by atoms with Crippen LogP contribution in [0.15, 0.2) is 18.2 Å². The monoisotopic (exact) mass is 225 g/mol. The van der Waals surface area contributed by atoms with Gasteiger partial charge in [-0.1, -0.05) is 43.5 Å². The van der Waals surface area contributed by atoms with Gasteiger partial charge in [0, 0.05) is 11.1 Å². The van der Waals surface area contributed by atoms with Crippen LogP contribution < -0.4 is 5.73 Å². The number of hydrogen-bond donors (Lipinski definition) is 1. The van der Waals surface area contributed by atoms with Crippen LogP contribution in [-0.4, -0.2) is 6.04 Å². The van der Waals surface area contributed by atoms with E-state index in [0.29, 0.717) is 0 Å². The van der Waals surface area contributed by atoms with Crippen molar-refractivity contribution in [2.75, 3.05) is 0 Å². The predicted octanol–water partition coefficient (Wildman–Crippen LogP) is 3.71. The first kappa shape index (κ1) is 12.5. The number of halogens is 1. The van der Waals surface area contributed by atoms with Crippen LogP contribution in [0.5, 0.6) is 0 Å². The maximum Gasteiger partial charge on any atom is 0.0441 e. The van der Waals surface area contributed by atoms with Gasteiger partial charge in [-0.15, -0.1) is 0 Å². The fraction of sp³-hybridized carbons (Fsp3) is 0.538. The van der Waals surface area contributed by atoms with E-state index in [4.69, 9.17) is 17.3 Å². The molecular formula is C13H20ClN. The highest BCUT2D eigenvalue weighted by Gasteiger charge is 2.06. The Bertz CT molecular complexity index is 309.